The number of hydrogen-bond donors (Lipinski definition) is 2. The van der Waals surface area contributed by atoms with E-state index in [-0.39, 0.29) is 30.9 Å². The number of rotatable bonds is 7. The van der Waals surface area contributed by atoms with Crippen LogP contribution in [0.5, 0.6) is 11.5 Å². The van der Waals surface area contributed by atoms with Crippen LogP contribution in [0.15, 0.2) is 48.0 Å². The Morgan fingerprint density at radius 3 is 2.33 bits per heavy atom. The third kappa shape index (κ3) is 3.99. The van der Waals surface area contributed by atoms with E-state index in [0.717, 1.165) is 0 Å². The number of ketones is 1. The van der Waals surface area contributed by atoms with Gasteiger partial charge in [-0.05, 0) is 48.4 Å². The van der Waals surface area contributed by atoms with E-state index >= 15 is 0 Å². The number of ether oxygens (including phenoxy) is 2. The van der Waals surface area contributed by atoms with Gasteiger partial charge in [0.15, 0.2) is 11.5 Å². The number of amides is 1. The van der Waals surface area contributed by atoms with Crippen molar-refractivity contribution in [1.29, 1.82) is 0 Å². The van der Waals surface area contributed by atoms with Gasteiger partial charge in [0.05, 0.1) is 25.8 Å². The number of carbonyl (C=O) groups excluding carboxylic acids is 2. The maximum atomic E-state index is 12.9. The van der Waals surface area contributed by atoms with Crippen LogP contribution in [0.2, 0.25) is 5.02 Å². The fraction of sp³-hybridized carbons (Fsp3) is 0.273. The molecule has 8 heteroatoms. The number of methoxy groups -OCH3 is 2. The Kier molecular flexibility index (Phi) is 6.64. The fourth-order valence-corrected chi connectivity index (χ4v) is 3.61. The number of hydrogen-bond acceptors (Lipinski definition) is 6. The first kappa shape index (κ1) is 21.7. The second-order valence-electron chi connectivity index (χ2n) is 6.69. The van der Waals surface area contributed by atoms with Gasteiger partial charge < -0.3 is 24.6 Å². The summed E-state index contributed by atoms with van der Waals surface area (Å²) in [5, 5.41) is 20.6. The van der Waals surface area contributed by atoms with Gasteiger partial charge in [-0.15, -0.1) is 0 Å². The molecular formula is C22H22ClNO6. The van der Waals surface area contributed by atoms with Crippen molar-refractivity contribution in [2.75, 3.05) is 27.4 Å². The average molecular weight is 432 g/mol. The molecule has 2 N–H and O–H groups in total. The number of likely N-dealkylation sites (tertiary alicyclic amines) is 1. The van der Waals surface area contributed by atoms with E-state index in [2.05, 4.69) is 0 Å². The average Bonchev–Trinajstić information content (AvgIpc) is 3.01. The summed E-state index contributed by atoms with van der Waals surface area (Å²) in [5.41, 5.74) is 0.901. The van der Waals surface area contributed by atoms with Gasteiger partial charge >= 0.3 is 0 Å². The molecule has 1 atom stereocenters. The lowest BCUT2D eigenvalue weighted by Crippen LogP contribution is -2.31. The molecule has 1 heterocycles. The van der Waals surface area contributed by atoms with Crippen LogP contribution in [0.25, 0.3) is 5.76 Å². The van der Waals surface area contributed by atoms with E-state index in [9.17, 15) is 19.8 Å². The molecular weight excluding hydrogens is 410 g/mol. The quantitative estimate of drug-likeness (QED) is 0.397. The Bertz CT molecular complexity index is 986. The van der Waals surface area contributed by atoms with Crippen LogP contribution in [-0.2, 0) is 9.59 Å². The van der Waals surface area contributed by atoms with Crippen LogP contribution in [-0.4, -0.2) is 54.2 Å². The van der Waals surface area contributed by atoms with Gasteiger partial charge in [0.25, 0.3) is 11.7 Å². The molecule has 30 heavy (non-hydrogen) atoms. The first-order valence-electron chi connectivity index (χ1n) is 9.30. The van der Waals surface area contributed by atoms with Crippen LogP contribution < -0.4 is 9.47 Å². The van der Waals surface area contributed by atoms with Gasteiger partial charge in [0.1, 0.15) is 5.76 Å². The molecule has 3 rings (SSSR count). The summed E-state index contributed by atoms with van der Waals surface area (Å²) in [6.07, 6.45) is 0.289. The smallest absolute Gasteiger partial charge is 0.295 e. The van der Waals surface area contributed by atoms with Crippen LogP contribution in [0.4, 0.5) is 0 Å². The van der Waals surface area contributed by atoms with Crippen LogP contribution in [0, 0.1) is 0 Å². The molecule has 1 fully saturated rings. The van der Waals surface area contributed by atoms with E-state index < -0.39 is 17.7 Å². The van der Waals surface area contributed by atoms with Gasteiger partial charge in [-0.2, -0.15) is 0 Å². The number of aliphatic hydroxyl groups is 2. The van der Waals surface area contributed by atoms with Crippen molar-refractivity contribution in [2.45, 2.75) is 12.5 Å². The van der Waals surface area contributed by atoms with Crippen molar-refractivity contribution in [3.05, 3.63) is 64.2 Å². The van der Waals surface area contributed by atoms with Crippen LogP contribution >= 0.6 is 11.6 Å². The molecule has 1 aliphatic heterocycles. The third-order valence-electron chi connectivity index (χ3n) is 4.94. The molecule has 0 aromatic heterocycles. The van der Waals surface area contributed by atoms with Crippen molar-refractivity contribution in [2.24, 2.45) is 0 Å². The summed E-state index contributed by atoms with van der Waals surface area (Å²) in [6.45, 7) is 0.0102. The SMILES string of the molecule is COc1ccc(C2/C(=C(/O)c3ccc(Cl)cc3)C(=O)C(=O)N2CCCO)cc1OC. The lowest BCUT2D eigenvalue weighted by Gasteiger charge is -2.25. The topological polar surface area (TPSA) is 96.3 Å². The minimum atomic E-state index is -0.841. The molecule has 1 amide bonds. The zero-order valence-corrected chi connectivity index (χ0v) is 17.3. The Morgan fingerprint density at radius 2 is 1.73 bits per heavy atom. The van der Waals surface area contributed by atoms with Crippen molar-refractivity contribution >= 4 is 29.1 Å². The summed E-state index contributed by atoms with van der Waals surface area (Å²) < 4.78 is 10.6. The highest BCUT2D eigenvalue weighted by Crippen LogP contribution is 2.42. The number of Topliss-reactive ketones (excluding diaryl/α,β-unsaturated/α-hetero) is 1. The lowest BCUT2D eigenvalue weighted by molar-refractivity contribution is -0.140. The van der Waals surface area contributed by atoms with Gasteiger partial charge in [-0.1, -0.05) is 17.7 Å². The Morgan fingerprint density at radius 1 is 1.07 bits per heavy atom. The van der Waals surface area contributed by atoms with Gasteiger partial charge in [-0.3, -0.25) is 9.59 Å². The highest BCUT2D eigenvalue weighted by molar-refractivity contribution is 6.46. The molecule has 0 saturated carbocycles. The summed E-state index contributed by atoms with van der Waals surface area (Å²) in [5.74, 6) is -0.907. The summed E-state index contributed by atoms with van der Waals surface area (Å²) in [4.78, 5) is 27.0. The Balaban J connectivity index is 2.18. The summed E-state index contributed by atoms with van der Waals surface area (Å²) in [6, 6.07) is 10.5. The first-order chi connectivity index (χ1) is 14.4. The number of aliphatic hydroxyl groups excluding tert-OH is 2. The second kappa shape index (κ2) is 9.19. The molecule has 2 aromatic rings. The maximum absolute atomic E-state index is 12.9. The molecule has 0 spiro atoms. The van der Waals surface area contributed by atoms with Crippen molar-refractivity contribution in [1.82, 2.24) is 4.90 Å². The summed E-state index contributed by atoms with van der Waals surface area (Å²) >= 11 is 5.92. The minimum Gasteiger partial charge on any atom is -0.507 e. The lowest BCUT2D eigenvalue weighted by atomic mass is 9.95. The minimum absolute atomic E-state index is 0.0347. The molecule has 1 unspecified atom stereocenters. The standard InChI is InChI=1S/C22H22ClNO6/c1-29-16-9-6-14(12-17(16)30-2)19-18(20(26)13-4-7-15(23)8-5-13)21(27)22(28)24(19)10-3-11-25/h4-9,12,19,25-26H,3,10-11H2,1-2H3/b20-18-. The highest BCUT2D eigenvalue weighted by Gasteiger charge is 2.46. The fourth-order valence-electron chi connectivity index (χ4n) is 3.48. The molecule has 0 bridgehead atoms. The van der Waals surface area contributed by atoms with E-state index in [1.54, 1.807) is 42.5 Å². The predicted molar refractivity (Wildman–Crippen MR) is 112 cm³/mol. The molecule has 0 aliphatic carbocycles. The third-order valence-corrected chi connectivity index (χ3v) is 5.19. The van der Waals surface area contributed by atoms with E-state index in [4.69, 9.17) is 21.1 Å². The number of benzene rings is 2. The first-order valence-corrected chi connectivity index (χ1v) is 9.67. The number of carbonyl (C=O) groups is 2. The van der Waals surface area contributed by atoms with E-state index in [0.29, 0.717) is 27.6 Å². The normalized spacial score (nSPS) is 18.0. The molecule has 7 nitrogen and oxygen atoms in total. The van der Waals surface area contributed by atoms with E-state index in [1.807, 2.05) is 0 Å². The molecule has 2 aromatic carbocycles. The van der Waals surface area contributed by atoms with Gasteiger partial charge in [-0.25, -0.2) is 0 Å². The molecule has 1 saturated heterocycles. The Hall–Kier alpha value is -3.03. The molecule has 158 valence electrons. The second-order valence-corrected chi connectivity index (χ2v) is 7.13. The number of nitrogens with zero attached hydrogens (tertiary/aromatic N) is 1. The molecule has 0 radical (unpaired) electrons. The number of halogens is 1. The zero-order chi connectivity index (χ0) is 21.8. The van der Waals surface area contributed by atoms with Crippen molar-refractivity contribution in [3.63, 3.8) is 0 Å². The molecule has 1 aliphatic rings. The van der Waals surface area contributed by atoms with E-state index in [1.165, 1.54) is 19.1 Å². The largest absolute Gasteiger partial charge is 0.507 e. The Labute approximate surface area is 179 Å². The zero-order valence-electron chi connectivity index (χ0n) is 16.6. The van der Waals surface area contributed by atoms with Gasteiger partial charge in [0.2, 0.25) is 0 Å². The summed E-state index contributed by atoms with van der Waals surface area (Å²) in [7, 11) is 2.99. The monoisotopic (exact) mass is 431 g/mol. The van der Waals surface area contributed by atoms with Crippen LogP contribution in [0.1, 0.15) is 23.6 Å². The maximum Gasteiger partial charge on any atom is 0.295 e. The van der Waals surface area contributed by atoms with Crippen molar-refractivity contribution < 1.29 is 29.3 Å². The van der Waals surface area contributed by atoms with Crippen LogP contribution in [0.3, 0.4) is 0 Å². The van der Waals surface area contributed by atoms with Gasteiger partial charge in [0, 0.05) is 23.7 Å². The highest BCUT2D eigenvalue weighted by atomic mass is 35.5. The van der Waals surface area contributed by atoms with Crippen molar-refractivity contribution in [3.8, 4) is 11.5 Å². The predicted octanol–water partition coefficient (Wildman–Crippen LogP) is 3.16.